The maximum atomic E-state index is 5.95. The minimum absolute atomic E-state index is 0.0255. The molecule has 0 saturated carbocycles. The molecule has 0 aromatic heterocycles. The van der Waals surface area contributed by atoms with Crippen molar-refractivity contribution < 1.29 is 4.74 Å². The normalized spacial score (nSPS) is 33.6. The molecule has 0 aliphatic carbocycles. The molecule has 0 radical (unpaired) electrons. The number of hydrogen-bond donors (Lipinski definition) is 2. The molecule has 1 N–H and O–H groups in total. The number of nitrogens with zero attached hydrogens (tertiary/aromatic N) is 1. The average molecular weight is 239 g/mol. The van der Waals surface area contributed by atoms with Crippen molar-refractivity contribution in [1.29, 1.82) is 0 Å². The van der Waals surface area contributed by atoms with Crippen LogP contribution in [0.15, 0.2) is 15.7 Å². The molecular formula is C7H8Cl2N2OS. The summed E-state index contributed by atoms with van der Waals surface area (Å²) >= 11 is 15.9. The van der Waals surface area contributed by atoms with E-state index in [4.69, 9.17) is 27.9 Å². The molecule has 0 aromatic carbocycles. The van der Waals surface area contributed by atoms with Gasteiger partial charge in [0.15, 0.2) is 5.29 Å². The van der Waals surface area contributed by atoms with Gasteiger partial charge in [0.1, 0.15) is 10.6 Å². The molecular weight excluding hydrogens is 231 g/mol. The molecule has 6 heteroatoms. The lowest BCUT2D eigenvalue weighted by atomic mass is 10.0. The van der Waals surface area contributed by atoms with E-state index in [1.165, 1.54) is 0 Å². The number of hydrogen-bond acceptors (Lipinski definition) is 4. The van der Waals surface area contributed by atoms with Crippen LogP contribution in [0.2, 0.25) is 0 Å². The van der Waals surface area contributed by atoms with Crippen LogP contribution in [0.25, 0.3) is 0 Å². The Morgan fingerprint density at radius 3 is 3.08 bits per heavy atom. The van der Waals surface area contributed by atoms with E-state index in [0.717, 1.165) is 12.0 Å². The third-order valence-corrected chi connectivity index (χ3v) is 2.96. The first kappa shape index (κ1) is 9.65. The van der Waals surface area contributed by atoms with E-state index in [9.17, 15) is 0 Å². The summed E-state index contributed by atoms with van der Waals surface area (Å²) in [4.78, 5) is 4.20. The molecule has 0 spiro atoms. The number of aliphatic imine (C=N–C) groups is 1. The molecule has 2 aliphatic rings. The Morgan fingerprint density at radius 1 is 1.54 bits per heavy atom. The maximum Gasteiger partial charge on any atom is 0.197 e. The molecule has 2 heterocycles. The van der Waals surface area contributed by atoms with Gasteiger partial charge in [-0.25, -0.2) is 4.99 Å². The molecule has 3 nitrogen and oxygen atoms in total. The van der Waals surface area contributed by atoms with Gasteiger partial charge in [-0.1, -0.05) is 11.6 Å². The predicted molar refractivity (Wildman–Crippen MR) is 56.4 cm³/mol. The third kappa shape index (κ3) is 1.81. The summed E-state index contributed by atoms with van der Waals surface area (Å²) in [5, 5.41) is 3.57. The van der Waals surface area contributed by atoms with Crippen molar-refractivity contribution in [3.63, 3.8) is 0 Å². The second kappa shape index (κ2) is 3.69. The smallest absolute Gasteiger partial charge is 0.197 e. The number of nitrogens with one attached hydrogen (secondary N) is 1. The first-order valence-corrected chi connectivity index (χ1v) is 5.15. The quantitative estimate of drug-likeness (QED) is 0.498. The van der Waals surface area contributed by atoms with Crippen LogP contribution in [0.5, 0.6) is 0 Å². The van der Waals surface area contributed by atoms with E-state index in [2.05, 4.69) is 22.9 Å². The molecule has 2 atom stereocenters. The van der Waals surface area contributed by atoms with Crippen molar-refractivity contribution in [1.82, 2.24) is 5.32 Å². The van der Waals surface area contributed by atoms with E-state index in [1.807, 2.05) is 0 Å². The van der Waals surface area contributed by atoms with E-state index in [1.54, 1.807) is 0 Å². The molecule has 0 bridgehead atoms. The van der Waals surface area contributed by atoms with E-state index in [-0.39, 0.29) is 11.5 Å². The SMILES string of the molecule is S[C@@H]1OCC[C@H]2N=C(Cl)NC(Cl)=C12. The van der Waals surface area contributed by atoms with Crippen molar-refractivity contribution in [3.8, 4) is 0 Å². The molecule has 1 fully saturated rings. The summed E-state index contributed by atoms with van der Waals surface area (Å²) < 4.78 is 5.32. The van der Waals surface area contributed by atoms with E-state index < -0.39 is 0 Å². The summed E-state index contributed by atoms with van der Waals surface area (Å²) in [5.74, 6) is 0. The van der Waals surface area contributed by atoms with Crippen molar-refractivity contribution in [3.05, 3.63) is 10.7 Å². The zero-order valence-electron chi connectivity index (χ0n) is 6.63. The fourth-order valence-electron chi connectivity index (χ4n) is 1.42. The molecule has 2 aliphatic heterocycles. The van der Waals surface area contributed by atoms with Gasteiger partial charge in [0, 0.05) is 5.57 Å². The van der Waals surface area contributed by atoms with Gasteiger partial charge in [0.2, 0.25) is 0 Å². The van der Waals surface area contributed by atoms with Crippen LogP contribution in [0.1, 0.15) is 6.42 Å². The molecule has 0 aromatic rings. The van der Waals surface area contributed by atoms with Crippen molar-refractivity contribution in [2.45, 2.75) is 17.9 Å². The van der Waals surface area contributed by atoms with E-state index in [0.29, 0.717) is 17.1 Å². The highest BCUT2D eigenvalue weighted by atomic mass is 35.5. The van der Waals surface area contributed by atoms with Gasteiger partial charge >= 0.3 is 0 Å². The zero-order chi connectivity index (χ0) is 9.42. The number of amidine groups is 1. The van der Waals surface area contributed by atoms with Crippen LogP contribution in [0.4, 0.5) is 0 Å². The Labute approximate surface area is 91.5 Å². The Morgan fingerprint density at radius 2 is 2.31 bits per heavy atom. The molecule has 2 rings (SSSR count). The summed E-state index contributed by atoms with van der Waals surface area (Å²) in [5.41, 5.74) is 0.605. The van der Waals surface area contributed by atoms with Crippen LogP contribution in [-0.4, -0.2) is 23.4 Å². The maximum absolute atomic E-state index is 5.95. The second-order valence-electron chi connectivity index (χ2n) is 2.84. The van der Waals surface area contributed by atoms with Gasteiger partial charge in [-0.15, -0.1) is 12.6 Å². The fourth-order valence-corrected chi connectivity index (χ4v) is 2.48. The van der Waals surface area contributed by atoms with Gasteiger partial charge < -0.3 is 10.1 Å². The highest BCUT2D eigenvalue weighted by Crippen LogP contribution is 2.31. The number of ether oxygens (including phenoxy) is 1. The average Bonchev–Trinajstić information content (AvgIpc) is 2.02. The summed E-state index contributed by atoms with van der Waals surface area (Å²) in [6.45, 7) is 0.639. The fraction of sp³-hybridized carbons (Fsp3) is 0.571. The van der Waals surface area contributed by atoms with Crippen molar-refractivity contribution >= 4 is 41.1 Å². The van der Waals surface area contributed by atoms with Crippen LogP contribution in [0.3, 0.4) is 0 Å². The highest BCUT2D eigenvalue weighted by Gasteiger charge is 2.31. The monoisotopic (exact) mass is 238 g/mol. The Hall–Kier alpha value is 0.1000. The molecule has 72 valence electrons. The Balaban J connectivity index is 2.30. The molecule has 1 saturated heterocycles. The lowest BCUT2D eigenvalue weighted by Crippen LogP contribution is -2.36. The first-order chi connectivity index (χ1) is 6.18. The Kier molecular flexibility index (Phi) is 2.74. The minimum Gasteiger partial charge on any atom is -0.363 e. The van der Waals surface area contributed by atoms with Crippen molar-refractivity contribution in [2.24, 2.45) is 4.99 Å². The number of halogens is 2. The zero-order valence-corrected chi connectivity index (χ0v) is 9.03. The molecule has 13 heavy (non-hydrogen) atoms. The lowest BCUT2D eigenvalue weighted by Gasteiger charge is -2.31. The second-order valence-corrected chi connectivity index (χ2v) is 4.05. The van der Waals surface area contributed by atoms with Gasteiger partial charge in [-0.2, -0.15) is 0 Å². The Bertz CT molecular complexity index is 292. The van der Waals surface area contributed by atoms with E-state index >= 15 is 0 Å². The minimum atomic E-state index is -0.271. The topological polar surface area (TPSA) is 33.6 Å². The van der Waals surface area contributed by atoms with Gasteiger partial charge in [0.05, 0.1) is 12.6 Å². The predicted octanol–water partition coefficient (Wildman–Crippen LogP) is 1.68. The third-order valence-electron chi connectivity index (χ3n) is 2.03. The van der Waals surface area contributed by atoms with Gasteiger partial charge in [-0.3, -0.25) is 0 Å². The molecule has 0 amide bonds. The molecule has 0 unspecified atom stereocenters. The van der Waals surface area contributed by atoms with Crippen LogP contribution in [-0.2, 0) is 4.74 Å². The number of thiol groups is 1. The van der Waals surface area contributed by atoms with Crippen molar-refractivity contribution in [2.75, 3.05) is 6.61 Å². The number of rotatable bonds is 0. The van der Waals surface area contributed by atoms with Crippen LogP contribution >= 0.6 is 35.8 Å². The summed E-state index contributed by atoms with van der Waals surface area (Å²) in [7, 11) is 0. The van der Waals surface area contributed by atoms with Crippen LogP contribution < -0.4 is 5.32 Å². The largest absolute Gasteiger partial charge is 0.363 e. The van der Waals surface area contributed by atoms with Gasteiger partial charge in [-0.05, 0) is 18.0 Å². The standard InChI is InChI=1S/C7H8Cl2N2OS/c8-5-4-3(10-7(9)11-5)1-2-12-6(4)13/h3,6,13H,1-2H2,(H,10,11)/t3-,6+/m1/s1. The highest BCUT2D eigenvalue weighted by molar-refractivity contribution is 7.81. The van der Waals surface area contributed by atoms with Crippen LogP contribution in [0, 0.1) is 0 Å². The number of fused-ring (bicyclic) bond motifs is 1. The summed E-state index contributed by atoms with van der Waals surface area (Å²) in [6, 6.07) is 0.0255. The lowest BCUT2D eigenvalue weighted by molar-refractivity contribution is 0.100. The van der Waals surface area contributed by atoms with Gasteiger partial charge in [0.25, 0.3) is 0 Å². The first-order valence-electron chi connectivity index (χ1n) is 3.88. The summed E-state index contributed by atoms with van der Waals surface area (Å²) in [6.07, 6.45) is 0.806.